The van der Waals surface area contributed by atoms with Gasteiger partial charge in [-0.3, -0.25) is 9.59 Å². The molecule has 200 valence electrons. The van der Waals surface area contributed by atoms with Crippen LogP contribution >= 0.6 is 0 Å². The number of carbonyl (C=O) groups is 4. The van der Waals surface area contributed by atoms with Crippen LogP contribution in [0.2, 0.25) is 0 Å². The molecule has 0 bridgehead atoms. The van der Waals surface area contributed by atoms with Gasteiger partial charge in [0.25, 0.3) is 5.91 Å². The van der Waals surface area contributed by atoms with Crippen LogP contribution in [0.4, 0.5) is 4.79 Å². The van der Waals surface area contributed by atoms with Crippen molar-refractivity contribution in [2.75, 3.05) is 26.4 Å². The third kappa shape index (κ3) is 10.9. The number of hydrogen-bond donors (Lipinski definition) is 4. The summed E-state index contributed by atoms with van der Waals surface area (Å²) < 4.78 is 16.2. The molecule has 0 spiro atoms. The van der Waals surface area contributed by atoms with Crippen molar-refractivity contribution in [1.29, 1.82) is 0 Å². The van der Waals surface area contributed by atoms with Crippen LogP contribution in [0.5, 0.6) is 5.75 Å². The lowest BCUT2D eigenvalue weighted by atomic mass is 10.1. The lowest BCUT2D eigenvalue weighted by Crippen LogP contribution is -2.42. The number of pyridine rings is 1. The number of rotatable bonds is 13. The highest BCUT2D eigenvalue weighted by Crippen LogP contribution is 2.21. The van der Waals surface area contributed by atoms with Gasteiger partial charge in [-0.15, -0.1) is 0 Å². The zero-order chi connectivity index (χ0) is 27.4. The summed E-state index contributed by atoms with van der Waals surface area (Å²) in [5, 5.41) is 22.7. The van der Waals surface area contributed by atoms with Gasteiger partial charge in [0.05, 0.1) is 25.3 Å². The number of amides is 2. The van der Waals surface area contributed by atoms with Crippen LogP contribution in [0, 0.1) is 0 Å². The van der Waals surface area contributed by atoms with E-state index in [1.165, 1.54) is 6.07 Å². The molecule has 0 saturated heterocycles. The molecule has 12 nitrogen and oxygen atoms in total. The molecule has 0 fully saturated rings. The molecule has 0 radical (unpaired) electrons. The van der Waals surface area contributed by atoms with Crippen molar-refractivity contribution in [3.8, 4) is 17.0 Å². The topological polar surface area (TPSA) is 173 Å². The Morgan fingerprint density at radius 1 is 0.973 bits per heavy atom. The smallest absolute Gasteiger partial charge is 0.407 e. The Bertz CT molecular complexity index is 1080. The van der Waals surface area contributed by atoms with Crippen molar-refractivity contribution in [2.24, 2.45) is 0 Å². The summed E-state index contributed by atoms with van der Waals surface area (Å²) in [7, 11) is 0. The van der Waals surface area contributed by atoms with Crippen LogP contribution in [0.15, 0.2) is 42.5 Å². The summed E-state index contributed by atoms with van der Waals surface area (Å²) in [5.74, 6) is -3.01. The van der Waals surface area contributed by atoms with Crippen molar-refractivity contribution < 1.29 is 43.6 Å². The largest absolute Gasteiger partial charge is 0.491 e. The Morgan fingerprint density at radius 3 is 2.30 bits per heavy atom. The van der Waals surface area contributed by atoms with E-state index in [1.807, 2.05) is 0 Å². The van der Waals surface area contributed by atoms with Crippen LogP contribution in [0.25, 0.3) is 11.3 Å². The minimum atomic E-state index is -1.57. The molecule has 0 aliphatic carbocycles. The Balaban J connectivity index is 1.81. The number of carboxylic acid groups (broad SMARTS) is 2. The van der Waals surface area contributed by atoms with Crippen molar-refractivity contribution >= 4 is 23.9 Å². The predicted octanol–water partition coefficient (Wildman–Crippen LogP) is 2.33. The molecule has 2 amide bonds. The molecular weight excluding hydrogens is 486 g/mol. The number of aliphatic carboxylic acids is 2. The van der Waals surface area contributed by atoms with Crippen LogP contribution in [-0.2, 0) is 19.1 Å². The fourth-order valence-corrected chi connectivity index (χ4v) is 2.91. The lowest BCUT2D eigenvalue weighted by Gasteiger charge is -2.19. The summed E-state index contributed by atoms with van der Waals surface area (Å²) in [6.45, 7) is 6.57. The van der Waals surface area contributed by atoms with E-state index >= 15 is 0 Å². The SMILES string of the molecule is CC(C)(C)OC(=O)NCCOCCOc1ccc(-c2cccc(C(=O)N[C@@H](CC(=O)O)C(=O)O)n2)cc1. The van der Waals surface area contributed by atoms with E-state index in [1.54, 1.807) is 57.2 Å². The van der Waals surface area contributed by atoms with Crippen LogP contribution in [-0.4, -0.2) is 77.1 Å². The van der Waals surface area contributed by atoms with Gasteiger partial charge in [-0.1, -0.05) is 6.07 Å². The monoisotopic (exact) mass is 517 g/mol. The van der Waals surface area contributed by atoms with E-state index in [4.69, 9.17) is 24.4 Å². The normalized spacial score (nSPS) is 11.8. The first-order chi connectivity index (χ1) is 17.4. The second-order valence-electron chi connectivity index (χ2n) is 8.78. The average molecular weight is 518 g/mol. The maximum atomic E-state index is 12.4. The van der Waals surface area contributed by atoms with Gasteiger partial charge in [-0.05, 0) is 57.2 Å². The molecule has 1 aromatic heterocycles. The molecule has 2 aromatic rings. The molecule has 37 heavy (non-hydrogen) atoms. The van der Waals surface area contributed by atoms with E-state index in [0.29, 0.717) is 43.4 Å². The minimum Gasteiger partial charge on any atom is -0.491 e. The van der Waals surface area contributed by atoms with Crippen molar-refractivity contribution in [3.05, 3.63) is 48.2 Å². The second kappa shape index (κ2) is 13.8. The Labute approximate surface area is 213 Å². The maximum Gasteiger partial charge on any atom is 0.407 e. The molecular formula is C25H31N3O9. The van der Waals surface area contributed by atoms with Gasteiger partial charge in [0, 0.05) is 12.1 Å². The van der Waals surface area contributed by atoms with Gasteiger partial charge >= 0.3 is 18.0 Å². The van der Waals surface area contributed by atoms with E-state index in [2.05, 4.69) is 15.6 Å². The number of nitrogens with zero attached hydrogens (tertiary/aromatic N) is 1. The number of nitrogens with one attached hydrogen (secondary N) is 2. The van der Waals surface area contributed by atoms with Gasteiger partial charge in [0.1, 0.15) is 29.7 Å². The summed E-state index contributed by atoms with van der Waals surface area (Å²) in [4.78, 5) is 50.2. The third-order valence-electron chi connectivity index (χ3n) is 4.52. The van der Waals surface area contributed by atoms with Gasteiger partial charge < -0.3 is 35.1 Å². The minimum absolute atomic E-state index is 0.0484. The molecule has 0 aliphatic heterocycles. The van der Waals surface area contributed by atoms with Crippen molar-refractivity contribution in [1.82, 2.24) is 15.6 Å². The number of alkyl carbamates (subject to hydrolysis) is 1. The van der Waals surface area contributed by atoms with Gasteiger partial charge in [-0.25, -0.2) is 14.6 Å². The summed E-state index contributed by atoms with van der Waals surface area (Å²) >= 11 is 0. The van der Waals surface area contributed by atoms with Crippen molar-refractivity contribution in [2.45, 2.75) is 38.8 Å². The molecule has 1 heterocycles. The summed E-state index contributed by atoms with van der Waals surface area (Å²) in [6.07, 6.45) is -1.26. The highest BCUT2D eigenvalue weighted by atomic mass is 16.6. The fraction of sp³-hybridized carbons (Fsp3) is 0.400. The Hall–Kier alpha value is -4.19. The summed E-state index contributed by atoms with van der Waals surface area (Å²) in [5.41, 5.74) is 0.543. The van der Waals surface area contributed by atoms with E-state index < -0.39 is 42.0 Å². The highest BCUT2D eigenvalue weighted by Gasteiger charge is 2.24. The third-order valence-corrected chi connectivity index (χ3v) is 4.52. The molecule has 2 rings (SSSR count). The fourth-order valence-electron chi connectivity index (χ4n) is 2.91. The van der Waals surface area contributed by atoms with Gasteiger partial charge in [-0.2, -0.15) is 0 Å². The molecule has 0 saturated carbocycles. The molecule has 0 aliphatic rings. The molecule has 1 atom stereocenters. The second-order valence-corrected chi connectivity index (χ2v) is 8.78. The first-order valence-electron chi connectivity index (χ1n) is 11.4. The molecule has 1 aromatic carbocycles. The van der Waals surface area contributed by atoms with E-state index in [0.717, 1.165) is 0 Å². The number of carbonyl (C=O) groups excluding carboxylic acids is 2. The number of ether oxygens (including phenoxy) is 3. The number of aromatic nitrogens is 1. The number of hydrogen-bond acceptors (Lipinski definition) is 8. The zero-order valence-corrected chi connectivity index (χ0v) is 20.9. The highest BCUT2D eigenvalue weighted by molar-refractivity contribution is 5.96. The van der Waals surface area contributed by atoms with Crippen LogP contribution in [0.3, 0.4) is 0 Å². The molecule has 12 heteroatoms. The standard InChI is InChI=1S/C25H31N3O9/c1-25(2,3)37-24(34)26-11-12-35-13-14-36-17-9-7-16(8-10-17)18-5-4-6-19(27-18)22(31)28-20(23(32)33)15-21(29)30/h4-10,20H,11-15H2,1-3H3,(H,26,34)(H,28,31)(H,29,30)(H,32,33)/t20-/m0/s1. The molecule has 4 N–H and O–H groups in total. The Morgan fingerprint density at radius 2 is 1.68 bits per heavy atom. The first-order valence-corrected chi connectivity index (χ1v) is 11.4. The first kappa shape index (κ1) is 29.0. The quantitative estimate of drug-likeness (QED) is 0.289. The molecule has 0 unspecified atom stereocenters. The predicted molar refractivity (Wildman–Crippen MR) is 131 cm³/mol. The van der Waals surface area contributed by atoms with Gasteiger partial charge in [0.2, 0.25) is 0 Å². The summed E-state index contributed by atoms with van der Waals surface area (Å²) in [6, 6.07) is 10.0. The van der Waals surface area contributed by atoms with Gasteiger partial charge in [0.15, 0.2) is 0 Å². The van der Waals surface area contributed by atoms with Crippen LogP contribution in [0.1, 0.15) is 37.7 Å². The average Bonchev–Trinajstić information content (AvgIpc) is 2.82. The number of benzene rings is 1. The maximum absolute atomic E-state index is 12.4. The number of carboxylic acids is 2. The van der Waals surface area contributed by atoms with Crippen LogP contribution < -0.4 is 15.4 Å². The zero-order valence-electron chi connectivity index (χ0n) is 20.9. The lowest BCUT2D eigenvalue weighted by molar-refractivity contribution is -0.145. The Kier molecular flexibility index (Phi) is 10.8. The van der Waals surface area contributed by atoms with E-state index in [-0.39, 0.29) is 5.69 Å². The van der Waals surface area contributed by atoms with E-state index in [9.17, 15) is 19.2 Å². The van der Waals surface area contributed by atoms with Crippen molar-refractivity contribution in [3.63, 3.8) is 0 Å².